The molecule has 0 saturated carbocycles. The van der Waals surface area contributed by atoms with Gasteiger partial charge in [0.2, 0.25) is 5.91 Å². The number of amides is 1. The molecule has 1 unspecified atom stereocenters. The smallest absolute Gasteiger partial charge is 0.228 e. The second-order valence-corrected chi connectivity index (χ2v) is 4.49. The third kappa shape index (κ3) is 1.92. The Morgan fingerprint density at radius 2 is 2.27 bits per heavy atom. The number of carbonyl (C=O) groups excluding carboxylic acids is 1. The fourth-order valence-electron chi connectivity index (χ4n) is 1.82. The Bertz CT molecular complexity index is 406. The van der Waals surface area contributed by atoms with E-state index in [1.165, 1.54) is 0 Å². The van der Waals surface area contributed by atoms with E-state index < -0.39 is 0 Å². The summed E-state index contributed by atoms with van der Waals surface area (Å²) in [5, 5.41) is -0.0989. The highest BCUT2D eigenvalue weighted by Crippen LogP contribution is 2.29. The van der Waals surface area contributed by atoms with Crippen molar-refractivity contribution in [1.82, 2.24) is 0 Å². The number of carbonyl (C=O) groups is 1. The van der Waals surface area contributed by atoms with E-state index in [0.717, 1.165) is 11.3 Å². The zero-order valence-corrected chi connectivity index (χ0v) is 9.29. The number of anilines is 2. The van der Waals surface area contributed by atoms with E-state index in [0.29, 0.717) is 18.7 Å². The van der Waals surface area contributed by atoms with Crippen LogP contribution in [0.3, 0.4) is 0 Å². The SMILES string of the molecule is Cc1ccc(N2CC(Cl)CC2=O)c(N)c1. The highest BCUT2D eigenvalue weighted by Gasteiger charge is 2.29. The molecule has 0 radical (unpaired) electrons. The summed E-state index contributed by atoms with van der Waals surface area (Å²) >= 11 is 5.93. The molecule has 0 aromatic heterocycles. The summed E-state index contributed by atoms with van der Waals surface area (Å²) in [6.07, 6.45) is 0.398. The van der Waals surface area contributed by atoms with Crippen molar-refractivity contribution in [3.05, 3.63) is 23.8 Å². The third-order valence-corrected chi connectivity index (χ3v) is 2.84. The first kappa shape index (κ1) is 10.3. The average molecular weight is 225 g/mol. The Hall–Kier alpha value is -1.22. The molecule has 0 spiro atoms. The number of hydrogen-bond acceptors (Lipinski definition) is 2. The number of rotatable bonds is 1. The predicted octanol–water partition coefficient (Wildman–Crippen LogP) is 1.92. The number of aryl methyl sites for hydroxylation is 1. The topological polar surface area (TPSA) is 46.3 Å². The number of hydrogen-bond donors (Lipinski definition) is 1. The minimum atomic E-state index is -0.0989. The molecule has 4 heteroatoms. The molecule has 0 aliphatic carbocycles. The minimum absolute atomic E-state index is 0.0468. The zero-order chi connectivity index (χ0) is 11.0. The number of nitrogens with two attached hydrogens (primary N) is 1. The molecule has 2 rings (SSSR count). The standard InChI is InChI=1S/C11H13ClN2O/c1-7-2-3-10(9(13)4-7)14-6-8(12)5-11(14)15/h2-4,8H,5-6,13H2,1H3. The van der Waals surface area contributed by atoms with Crippen LogP contribution in [0.15, 0.2) is 18.2 Å². The molecule has 3 nitrogen and oxygen atoms in total. The summed E-state index contributed by atoms with van der Waals surface area (Å²) in [6.45, 7) is 2.52. The Morgan fingerprint density at radius 3 is 2.80 bits per heavy atom. The van der Waals surface area contributed by atoms with Gasteiger partial charge in [0.05, 0.1) is 16.8 Å². The highest BCUT2D eigenvalue weighted by molar-refractivity contribution is 6.24. The first-order valence-corrected chi connectivity index (χ1v) is 5.32. The lowest BCUT2D eigenvalue weighted by atomic mass is 10.2. The molecule has 1 aliphatic rings. The van der Waals surface area contributed by atoms with Crippen LogP contribution in [0.2, 0.25) is 0 Å². The van der Waals surface area contributed by atoms with Crippen LogP contribution in [-0.4, -0.2) is 17.8 Å². The van der Waals surface area contributed by atoms with E-state index >= 15 is 0 Å². The molecule has 1 aromatic rings. The van der Waals surface area contributed by atoms with Gasteiger partial charge in [0.25, 0.3) is 0 Å². The van der Waals surface area contributed by atoms with E-state index in [4.69, 9.17) is 17.3 Å². The minimum Gasteiger partial charge on any atom is -0.397 e. The lowest BCUT2D eigenvalue weighted by Crippen LogP contribution is -2.25. The lowest BCUT2D eigenvalue weighted by Gasteiger charge is -2.18. The normalized spacial score (nSPS) is 21.1. The molecule has 1 saturated heterocycles. The monoisotopic (exact) mass is 224 g/mol. The van der Waals surface area contributed by atoms with Gasteiger partial charge in [-0.15, -0.1) is 11.6 Å². The summed E-state index contributed by atoms with van der Waals surface area (Å²) < 4.78 is 0. The summed E-state index contributed by atoms with van der Waals surface area (Å²) in [5.74, 6) is 0.0468. The zero-order valence-electron chi connectivity index (χ0n) is 8.53. The third-order valence-electron chi connectivity index (χ3n) is 2.55. The maximum atomic E-state index is 11.6. The Kier molecular flexibility index (Phi) is 2.57. The van der Waals surface area contributed by atoms with Gasteiger partial charge in [0.15, 0.2) is 0 Å². The molecule has 1 heterocycles. The van der Waals surface area contributed by atoms with Gasteiger partial charge in [-0.2, -0.15) is 0 Å². The summed E-state index contributed by atoms with van der Waals surface area (Å²) in [4.78, 5) is 13.3. The molecule has 1 atom stereocenters. The summed E-state index contributed by atoms with van der Waals surface area (Å²) in [5.41, 5.74) is 8.37. The fourth-order valence-corrected chi connectivity index (χ4v) is 2.09. The Labute approximate surface area is 93.8 Å². The molecule has 80 valence electrons. The van der Waals surface area contributed by atoms with Crippen LogP contribution in [0.25, 0.3) is 0 Å². The quantitative estimate of drug-likeness (QED) is 0.585. The van der Waals surface area contributed by atoms with Gasteiger partial charge < -0.3 is 10.6 Å². The Morgan fingerprint density at radius 1 is 1.53 bits per heavy atom. The Balaban J connectivity index is 2.34. The van der Waals surface area contributed by atoms with E-state index in [2.05, 4.69) is 0 Å². The van der Waals surface area contributed by atoms with Crippen molar-refractivity contribution in [3.63, 3.8) is 0 Å². The molecular weight excluding hydrogens is 212 g/mol. The molecular formula is C11H13ClN2O. The number of nitrogen functional groups attached to an aromatic ring is 1. The number of benzene rings is 1. The molecule has 1 amide bonds. The van der Waals surface area contributed by atoms with Gasteiger partial charge in [-0.3, -0.25) is 4.79 Å². The van der Waals surface area contributed by atoms with Crippen LogP contribution >= 0.6 is 11.6 Å². The van der Waals surface area contributed by atoms with E-state index in [9.17, 15) is 4.79 Å². The summed E-state index contributed by atoms with van der Waals surface area (Å²) in [6, 6.07) is 5.68. The fraction of sp³-hybridized carbons (Fsp3) is 0.364. The van der Waals surface area contributed by atoms with E-state index in [1.807, 2.05) is 25.1 Å². The largest absolute Gasteiger partial charge is 0.397 e. The van der Waals surface area contributed by atoms with Gasteiger partial charge in [-0.05, 0) is 24.6 Å². The predicted molar refractivity (Wildman–Crippen MR) is 62.2 cm³/mol. The van der Waals surface area contributed by atoms with E-state index in [1.54, 1.807) is 4.90 Å². The molecule has 1 aliphatic heterocycles. The number of alkyl halides is 1. The second-order valence-electron chi connectivity index (χ2n) is 3.87. The average Bonchev–Trinajstić information content (AvgIpc) is 2.45. The van der Waals surface area contributed by atoms with Crippen molar-refractivity contribution in [1.29, 1.82) is 0 Å². The first-order valence-electron chi connectivity index (χ1n) is 4.88. The van der Waals surface area contributed by atoms with Crippen molar-refractivity contribution in [2.75, 3.05) is 17.2 Å². The van der Waals surface area contributed by atoms with Crippen molar-refractivity contribution in [2.24, 2.45) is 0 Å². The summed E-state index contributed by atoms with van der Waals surface area (Å²) in [7, 11) is 0. The molecule has 1 fully saturated rings. The van der Waals surface area contributed by atoms with Crippen LogP contribution in [-0.2, 0) is 4.79 Å². The van der Waals surface area contributed by atoms with Crippen molar-refractivity contribution < 1.29 is 4.79 Å². The van der Waals surface area contributed by atoms with Gasteiger partial charge in [0.1, 0.15) is 0 Å². The van der Waals surface area contributed by atoms with E-state index in [-0.39, 0.29) is 11.3 Å². The van der Waals surface area contributed by atoms with Crippen LogP contribution in [0.1, 0.15) is 12.0 Å². The number of nitrogens with zero attached hydrogens (tertiary/aromatic N) is 1. The second kappa shape index (κ2) is 3.74. The van der Waals surface area contributed by atoms with Crippen molar-refractivity contribution in [2.45, 2.75) is 18.7 Å². The van der Waals surface area contributed by atoms with Crippen molar-refractivity contribution >= 4 is 28.9 Å². The maximum Gasteiger partial charge on any atom is 0.228 e. The van der Waals surface area contributed by atoms with Gasteiger partial charge in [-0.25, -0.2) is 0 Å². The van der Waals surface area contributed by atoms with Crippen LogP contribution < -0.4 is 10.6 Å². The maximum absolute atomic E-state index is 11.6. The van der Waals surface area contributed by atoms with Crippen molar-refractivity contribution in [3.8, 4) is 0 Å². The van der Waals surface area contributed by atoms with Crippen LogP contribution in [0.5, 0.6) is 0 Å². The van der Waals surface area contributed by atoms with Gasteiger partial charge in [0, 0.05) is 13.0 Å². The number of halogens is 1. The lowest BCUT2D eigenvalue weighted by molar-refractivity contribution is -0.117. The molecule has 15 heavy (non-hydrogen) atoms. The highest BCUT2D eigenvalue weighted by atomic mass is 35.5. The van der Waals surface area contributed by atoms with Crippen LogP contribution in [0, 0.1) is 6.92 Å². The molecule has 1 aromatic carbocycles. The van der Waals surface area contributed by atoms with Crippen LogP contribution in [0.4, 0.5) is 11.4 Å². The van der Waals surface area contributed by atoms with Gasteiger partial charge in [-0.1, -0.05) is 6.07 Å². The molecule has 2 N–H and O–H groups in total. The first-order chi connectivity index (χ1) is 7.08. The van der Waals surface area contributed by atoms with Gasteiger partial charge >= 0.3 is 0 Å². The molecule has 0 bridgehead atoms.